The van der Waals surface area contributed by atoms with Crippen LogP contribution in [0.2, 0.25) is 0 Å². The Labute approximate surface area is 116 Å². The van der Waals surface area contributed by atoms with Gasteiger partial charge in [0.1, 0.15) is 11.9 Å². The lowest BCUT2D eigenvalue weighted by atomic mass is 10.1. The van der Waals surface area contributed by atoms with E-state index < -0.39 is 0 Å². The molecule has 2 nitrogen and oxygen atoms in total. The van der Waals surface area contributed by atoms with E-state index in [1.807, 2.05) is 0 Å². The van der Waals surface area contributed by atoms with E-state index in [4.69, 9.17) is 4.74 Å². The first-order valence-corrected chi connectivity index (χ1v) is 7.37. The van der Waals surface area contributed by atoms with Gasteiger partial charge in [-0.1, -0.05) is 32.1 Å². The Kier molecular flexibility index (Phi) is 5.46. The zero-order valence-corrected chi connectivity index (χ0v) is 12.1. The number of hydrogen-bond acceptors (Lipinski definition) is 2. The Morgan fingerprint density at radius 2 is 2.05 bits per heavy atom. The van der Waals surface area contributed by atoms with Crippen molar-refractivity contribution in [3.05, 3.63) is 42.0 Å². The molecule has 0 saturated carbocycles. The second-order valence-electron chi connectivity index (χ2n) is 5.68. The second kappa shape index (κ2) is 7.34. The van der Waals surface area contributed by atoms with Crippen LogP contribution in [-0.2, 0) is 6.54 Å². The summed E-state index contributed by atoms with van der Waals surface area (Å²) in [4.78, 5) is 0. The number of rotatable bonds is 6. The molecule has 0 bridgehead atoms. The number of benzene rings is 1. The van der Waals surface area contributed by atoms with Crippen LogP contribution in [0.4, 0.5) is 0 Å². The van der Waals surface area contributed by atoms with Crippen LogP contribution in [0.1, 0.15) is 38.7 Å². The van der Waals surface area contributed by atoms with Crippen LogP contribution in [0.15, 0.2) is 36.4 Å². The summed E-state index contributed by atoms with van der Waals surface area (Å²) in [6, 6.07) is 8.45. The number of hydrogen-bond donors (Lipinski definition) is 1. The van der Waals surface area contributed by atoms with Crippen molar-refractivity contribution in [2.75, 3.05) is 6.54 Å². The molecular formula is C17H25NO. The van der Waals surface area contributed by atoms with Gasteiger partial charge in [0.25, 0.3) is 0 Å². The molecule has 0 spiro atoms. The van der Waals surface area contributed by atoms with Crippen LogP contribution >= 0.6 is 0 Å². The molecule has 19 heavy (non-hydrogen) atoms. The van der Waals surface area contributed by atoms with Crippen molar-refractivity contribution >= 4 is 0 Å². The summed E-state index contributed by atoms with van der Waals surface area (Å²) in [5.74, 6) is 1.67. The highest BCUT2D eigenvalue weighted by Crippen LogP contribution is 2.19. The van der Waals surface area contributed by atoms with Gasteiger partial charge in [-0.25, -0.2) is 0 Å². The van der Waals surface area contributed by atoms with E-state index in [9.17, 15) is 0 Å². The van der Waals surface area contributed by atoms with Crippen molar-refractivity contribution in [2.24, 2.45) is 5.92 Å². The molecule has 104 valence electrons. The van der Waals surface area contributed by atoms with E-state index in [1.165, 1.54) is 18.4 Å². The Hall–Kier alpha value is -1.28. The third kappa shape index (κ3) is 5.07. The first kappa shape index (κ1) is 14.1. The first-order chi connectivity index (χ1) is 9.24. The van der Waals surface area contributed by atoms with Crippen LogP contribution in [0.3, 0.4) is 0 Å². The number of allylic oxidation sites excluding steroid dienone is 1. The average Bonchev–Trinajstić information content (AvgIpc) is 2.42. The van der Waals surface area contributed by atoms with E-state index in [2.05, 4.69) is 55.6 Å². The minimum atomic E-state index is 0.263. The van der Waals surface area contributed by atoms with Crippen molar-refractivity contribution in [3.8, 4) is 5.75 Å². The summed E-state index contributed by atoms with van der Waals surface area (Å²) in [6.07, 6.45) is 8.23. The highest BCUT2D eigenvalue weighted by atomic mass is 16.5. The number of nitrogens with one attached hydrogen (secondary N) is 1. The molecule has 1 aromatic rings. The first-order valence-electron chi connectivity index (χ1n) is 7.37. The van der Waals surface area contributed by atoms with E-state index in [0.29, 0.717) is 5.92 Å². The predicted octanol–water partition coefficient (Wildman–Crippen LogP) is 3.92. The summed E-state index contributed by atoms with van der Waals surface area (Å²) >= 11 is 0. The van der Waals surface area contributed by atoms with Crippen LogP contribution in [0.5, 0.6) is 5.75 Å². The van der Waals surface area contributed by atoms with Gasteiger partial charge in [0, 0.05) is 6.54 Å². The highest BCUT2D eigenvalue weighted by molar-refractivity contribution is 5.27. The standard InChI is InChI=1S/C17H25NO/c1-14(2)12-18-13-15-8-10-17(11-9-15)19-16-6-4-3-5-7-16/h4,6,8-11,14,16,18H,3,5,7,12-13H2,1-2H3. The molecule has 1 unspecified atom stereocenters. The van der Waals surface area contributed by atoms with Gasteiger partial charge < -0.3 is 10.1 Å². The van der Waals surface area contributed by atoms with Gasteiger partial charge in [0.15, 0.2) is 0 Å². The molecule has 0 aliphatic heterocycles. The zero-order chi connectivity index (χ0) is 13.5. The SMILES string of the molecule is CC(C)CNCc1ccc(OC2C=CCCC2)cc1. The molecule has 1 N–H and O–H groups in total. The Morgan fingerprint density at radius 1 is 1.26 bits per heavy atom. The summed E-state index contributed by atoms with van der Waals surface area (Å²) in [5.41, 5.74) is 1.31. The molecule has 1 aliphatic carbocycles. The van der Waals surface area contributed by atoms with Gasteiger partial charge >= 0.3 is 0 Å². The summed E-state index contributed by atoms with van der Waals surface area (Å²) in [6.45, 7) is 6.44. The van der Waals surface area contributed by atoms with Gasteiger partial charge in [-0.3, -0.25) is 0 Å². The topological polar surface area (TPSA) is 21.3 Å². The molecule has 0 amide bonds. The maximum atomic E-state index is 5.95. The molecule has 0 fully saturated rings. The van der Waals surface area contributed by atoms with Crippen LogP contribution in [0, 0.1) is 5.92 Å². The molecular weight excluding hydrogens is 234 g/mol. The van der Waals surface area contributed by atoms with Gasteiger partial charge in [-0.05, 0) is 55.5 Å². The monoisotopic (exact) mass is 259 g/mol. The summed E-state index contributed by atoms with van der Waals surface area (Å²) in [7, 11) is 0. The van der Waals surface area contributed by atoms with Gasteiger partial charge in [0.2, 0.25) is 0 Å². The van der Waals surface area contributed by atoms with Crippen LogP contribution in [0.25, 0.3) is 0 Å². The largest absolute Gasteiger partial charge is 0.486 e. The Balaban J connectivity index is 1.80. The van der Waals surface area contributed by atoms with Crippen molar-refractivity contribution in [1.29, 1.82) is 0 Å². The molecule has 1 aliphatic rings. The van der Waals surface area contributed by atoms with Gasteiger partial charge in [0.05, 0.1) is 0 Å². The van der Waals surface area contributed by atoms with E-state index >= 15 is 0 Å². The molecule has 1 aromatic carbocycles. The third-order valence-corrected chi connectivity index (χ3v) is 3.30. The van der Waals surface area contributed by atoms with Crippen LogP contribution < -0.4 is 10.1 Å². The fourth-order valence-corrected chi connectivity index (χ4v) is 2.25. The van der Waals surface area contributed by atoms with Crippen molar-refractivity contribution in [1.82, 2.24) is 5.32 Å². The zero-order valence-electron chi connectivity index (χ0n) is 12.1. The van der Waals surface area contributed by atoms with E-state index in [-0.39, 0.29) is 6.10 Å². The normalized spacial score (nSPS) is 18.8. The lowest BCUT2D eigenvalue weighted by Crippen LogP contribution is -2.19. The van der Waals surface area contributed by atoms with Crippen molar-refractivity contribution in [3.63, 3.8) is 0 Å². The van der Waals surface area contributed by atoms with Gasteiger partial charge in [-0.2, -0.15) is 0 Å². The van der Waals surface area contributed by atoms with Crippen molar-refractivity contribution < 1.29 is 4.74 Å². The maximum absolute atomic E-state index is 5.95. The minimum absolute atomic E-state index is 0.263. The summed E-state index contributed by atoms with van der Waals surface area (Å²) < 4.78 is 5.95. The maximum Gasteiger partial charge on any atom is 0.120 e. The molecule has 2 heteroatoms. The van der Waals surface area contributed by atoms with Gasteiger partial charge in [-0.15, -0.1) is 0 Å². The molecule has 0 aromatic heterocycles. The molecule has 1 atom stereocenters. The Morgan fingerprint density at radius 3 is 2.68 bits per heavy atom. The quantitative estimate of drug-likeness (QED) is 0.782. The predicted molar refractivity (Wildman–Crippen MR) is 80.4 cm³/mol. The Bertz CT molecular complexity index is 394. The smallest absolute Gasteiger partial charge is 0.120 e. The fourth-order valence-electron chi connectivity index (χ4n) is 2.25. The average molecular weight is 259 g/mol. The van der Waals surface area contributed by atoms with Crippen molar-refractivity contribution in [2.45, 2.75) is 45.8 Å². The lowest BCUT2D eigenvalue weighted by molar-refractivity contribution is 0.230. The molecule has 0 saturated heterocycles. The third-order valence-electron chi connectivity index (χ3n) is 3.30. The van der Waals surface area contributed by atoms with E-state index in [1.54, 1.807) is 0 Å². The number of ether oxygens (including phenoxy) is 1. The summed E-state index contributed by atoms with van der Waals surface area (Å²) in [5, 5.41) is 3.45. The van der Waals surface area contributed by atoms with E-state index in [0.717, 1.165) is 25.3 Å². The molecule has 2 rings (SSSR count). The highest BCUT2D eigenvalue weighted by Gasteiger charge is 2.09. The second-order valence-corrected chi connectivity index (χ2v) is 5.68. The van der Waals surface area contributed by atoms with Crippen LogP contribution in [-0.4, -0.2) is 12.6 Å². The molecule has 0 heterocycles. The fraction of sp³-hybridized carbons (Fsp3) is 0.529. The minimum Gasteiger partial charge on any atom is -0.486 e. The lowest BCUT2D eigenvalue weighted by Gasteiger charge is -2.18. The molecule has 0 radical (unpaired) electrons.